The highest BCUT2D eigenvalue weighted by molar-refractivity contribution is 7.20. The van der Waals surface area contributed by atoms with Crippen molar-refractivity contribution >= 4 is 33.4 Å². The fraction of sp³-hybridized carbons (Fsp3) is 0.333. The maximum absolute atomic E-state index is 12.9. The van der Waals surface area contributed by atoms with Gasteiger partial charge in [0.25, 0.3) is 5.56 Å². The smallest absolute Gasteiger partial charge is 0.387 e. The number of aromatic nitrogens is 2. The molecule has 0 aliphatic rings. The number of alkyl halides is 2. The summed E-state index contributed by atoms with van der Waals surface area (Å²) in [6.45, 7) is 0.618. The Kier molecular flexibility index (Phi) is 7.18. The highest BCUT2D eigenvalue weighted by atomic mass is 32.1. The van der Waals surface area contributed by atoms with Crippen LogP contribution in [-0.2, 0) is 22.6 Å². The first-order chi connectivity index (χ1) is 15.2. The van der Waals surface area contributed by atoms with Gasteiger partial charge in [-0.3, -0.25) is 14.2 Å². The SMILES string of the molecule is CCOC(=O)c1sc2ncn(CC(=O)N(C)Cc3ccc(OC(F)F)cc3)c(=O)c2c1C. The van der Waals surface area contributed by atoms with E-state index in [0.717, 1.165) is 11.3 Å². The Morgan fingerprint density at radius 1 is 1.25 bits per heavy atom. The first-order valence-electron chi connectivity index (χ1n) is 9.64. The fourth-order valence-corrected chi connectivity index (χ4v) is 4.10. The summed E-state index contributed by atoms with van der Waals surface area (Å²) in [5.74, 6) is -0.837. The minimum absolute atomic E-state index is 0.0250. The Morgan fingerprint density at radius 2 is 1.94 bits per heavy atom. The van der Waals surface area contributed by atoms with E-state index < -0.39 is 18.1 Å². The number of amides is 1. The number of likely N-dealkylation sites (N-methyl/N-ethyl adjacent to an activating group) is 1. The third kappa shape index (κ3) is 5.10. The molecule has 3 rings (SSSR count). The van der Waals surface area contributed by atoms with Crippen LogP contribution in [0.5, 0.6) is 5.75 Å². The number of nitrogens with zero attached hydrogens (tertiary/aromatic N) is 3. The van der Waals surface area contributed by atoms with Gasteiger partial charge in [0.2, 0.25) is 5.91 Å². The molecule has 170 valence electrons. The van der Waals surface area contributed by atoms with Crippen molar-refractivity contribution in [1.82, 2.24) is 14.5 Å². The van der Waals surface area contributed by atoms with Crippen molar-refractivity contribution in [3.8, 4) is 5.75 Å². The lowest BCUT2D eigenvalue weighted by Crippen LogP contribution is -2.33. The van der Waals surface area contributed by atoms with Crippen LogP contribution in [0.4, 0.5) is 8.78 Å². The number of carbonyl (C=O) groups excluding carboxylic acids is 2. The highest BCUT2D eigenvalue weighted by Crippen LogP contribution is 2.27. The number of thiophene rings is 1. The normalized spacial score (nSPS) is 11.1. The van der Waals surface area contributed by atoms with Gasteiger partial charge in [0, 0.05) is 13.6 Å². The molecule has 0 radical (unpaired) electrons. The molecule has 1 aromatic carbocycles. The maximum Gasteiger partial charge on any atom is 0.387 e. The number of aryl methyl sites for hydroxylation is 1. The molecule has 0 atom stereocenters. The minimum atomic E-state index is -2.91. The molecule has 0 saturated heterocycles. The van der Waals surface area contributed by atoms with E-state index in [0.29, 0.717) is 20.8 Å². The fourth-order valence-electron chi connectivity index (χ4n) is 3.07. The Bertz CT molecular complexity index is 1190. The van der Waals surface area contributed by atoms with Crippen molar-refractivity contribution in [2.45, 2.75) is 33.5 Å². The largest absolute Gasteiger partial charge is 0.462 e. The minimum Gasteiger partial charge on any atom is -0.462 e. The molecule has 0 N–H and O–H groups in total. The molecule has 0 aliphatic heterocycles. The van der Waals surface area contributed by atoms with Gasteiger partial charge in [-0.25, -0.2) is 9.78 Å². The summed E-state index contributed by atoms with van der Waals surface area (Å²) in [5.41, 5.74) is 0.757. The van der Waals surface area contributed by atoms with Crippen LogP contribution in [0.25, 0.3) is 10.2 Å². The predicted octanol–water partition coefficient (Wildman–Crippen LogP) is 3.20. The summed E-state index contributed by atoms with van der Waals surface area (Å²) < 4.78 is 35.0. The number of benzene rings is 1. The highest BCUT2D eigenvalue weighted by Gasteiger charge is 2.21. The van der Waals surface area contributed by atoms with E-state index in [1.165, 1.54) is 27.9 Å². The average molecular weight is 465 g/mol. The van der Waals surface area contributed by atoms with Crippen molar-refractivity contribution < 1.29 is 27.8 Å². The molecule has 0 unspecified atom stereocenters. The van der Waals surface area contributed by atoms with Crippen LogP contribution in [0, 0.1) is 6.92 Å². The number of fused-ring (bicyclic) bond motifs is 1. The van der Waals surface area contributed by atoms with Crippen LogP contribution >= 0.6 is 11.3 Å². The second kappa shape index (κ2) is 9.86. The van der Waals surface area contributed by atoms with Crippen LogP contribution in [0.3, 0.4) is 0 Å². The molecule has 0 aliphatic carbocycles. The molecule has 2 heterocycles. The van der Waals surface area contributed by atoms with Gasteiger partial charge >= 0.3 is 12.6 Å². The zero-order chi connectivity index (χ0) is 23.4. The third-order valence-electron chi connectivity index (χ3n) is 4.68. The lowest BCUT2D eigenvalue weighted by atomic mass is 10.2. The number of hydrogen-bond acceptors (Lipinski definition) is 7. The van der Waals surface area contributed by atoms with E-state index in [9.17, 15) is 23.2 Å². The van der Waals surface area contributed by atoms with E-state index in [4.69, 9.17) is 4.74 Å². The first kappa shape index (κ1) is 23.3. The van der Waals surface area contributed by atoms with Gasteiger partial charge in [0.15, 0.2) is 0 Å². The molecular formula is C21H21F2N3O5S. The molecule has 11 heteroatoms. The van der Waals surface area contributed by atoms with Crippen LogP contribution < -0.4 is 10.3 Å². The predicted molar refractivity (Wildman–Crippen MR) is 114 cm³/mol. The maximum atomic E-state index is 12.9. The summed E-state index contributed by atoms with van der Waals surface area (Å²) in [6, 6.07) is 5.94. The van der Waals surface area contributed by atoms with Crippen molar-refractivity contribution in [2.24, 2.45) is 0 Å². The zero-order valence-corrected chi connectivity index (χ0v) is 18.4. The summed E-state index contributed by atoms with van der Waals surface area (Å²) in [4.78, 5) is 44.0. The lowest BCUT2D eigenvalue weighted by molar-refractivity contribution is -0.131. The number of halogens is 2. The van der Waals surface area contributed by atoms with Gasteiger partial charge in [0.05, 0.1) is 18.3 Å². The average Bonchev–Trinajstić information content (AvgIpc) is 3.08. The summed E-state index contributed by atoms with van der Waals surface area (Å²) in [6.07, 6.45) is 1.28. The third-order valence-corrected chi connectivity index (χ3v) is 5.86. The number of hydrogen-bond donors (Lipinski definition) is 0. The quantitative estimate of drug-likeness (QED) is 0.475. The van der Waals surface area contributed by atoms with Gasteiger partial charge < -0.3 is 14.4 Å². The van der Waals surface area contributed by atoms with Gasteiger partial charge in [-0.05, 0) is 37.1 Å². The molecule has 8 nitrogen and oxygen atoms in total. The topological polar surface area (TPSA) is 90.7 Å². The Balaban J connectivity index is 1.74. The molecule has 0 bridgehead atoms. The Labute approximate surface area is 186 Å². The summed E-state index contributed by atoms with van der Waals surface area (Å²) >= 11 is 1.07. The molecule has 0 saturated carbocycles. The van der Waals surface area contributed by atoms with Gasteiger partial charge in [-0.15, -0.1) is 11.3 Å². The Hall–Kier alpha value is -3.34. The van der Waals surface area contributed by atoms with Crippen LogP contribution in [0.1, 0.15) is 27.7 Å². The van der Waals surface area contributed by atoms with Crippen LogP contribution in [-0.4, -0.2) is 46.6 Å². The standard InChI is InChI=1S/C21H21F2N3O5S/c1-4-30-20(29)17-12(2)16-18(32-17)24-11-26(19(16)28)10-15(27)25(3)9-13-5-7-14(8-6-13)31-21(22)23/h5-8,11,21H,4,9-10H2,1-3H3. The zero-order valence-electron chi connectivity index (χ0n) is 17.6. The van der Waals surface area contributed by atoms with E-state index >= 15 is 0 Å². The van der Waals surface area contributed by atoms with E-state index in [1.54, 1.807) is 33.0 Å². The molecular weight excluding hydrogens is 444 g/mol. The first-order valence-corrected chi connectivity index (χ1v) is 10.5. The van der Waals surface area contributed by atoms with Gasteiger partial charge in [-0.1, -0.05) is 12.1 Å². The van der Waals surface area contributed by atoms with Crippen molar-refractivity contribution in [3.05, 3.63) is 57.0 Å². The van der Waals surface area contributed by atoms with Crippen molar-refractivity contribution in [1.29, 1.82) is 0 Å². The number of rotatable bonds is 8. The molecule has 0 spiro atoms. The van der Waals surface area contributed by atoms with Crippen LogP contribution in [0.2, 0.25) is 0 Å². The summed E-state index contributed by atoms with van der Waals surface area (Å²) in [7, 11) is 1.57. The van der Waals surface area contributed by atoms with E-state index in [-0.39, 0.29) is 36.7 Å². The molecule has 1 amide bonds. The Morgan fingerprint density at radius 3 is 2.56 bits per heavy atom. The van der Waals surface area contributed by atoms with Crippen molar-refractivity contribution in [3.63, 3.8) is 0 Å². The van der Waals surface area contributed by atoms with Crippen molar-refractivity contribution in [2.75, 3.05) is 13.7 Å². The van der Waals surface area contributed by atoms with E-state index in [1.807, 2.05) is 0 Å². The number of ether oxygens (including phenoxy) is 2. The molecule has 0 fully saturated rings. The number of carbonyl (C=O) groups is 2. The summed E-state index contributed by atoms with van der Waals surface area (Å²) in [5, 5.41) is 0.283. The second-order valence-corrected chi connectivity index (χ2v) is 7.91. The van der Waals surface area contributed by atoms with Gasteiger partial charge in [-0.2, -0.15) is 8.78 Å². The molecule has 3 aromatic rings. The van der Waals surface area contributed by atoms with Gasteiger partial charge in [0.1, 0.15) is 22.0 Å². The second-order valence-electron chi connectivity index (χ2n) is 6.91. The van der Waals surface area contributed by atoms with Crippen LogP contribution in [0.15, 0.2) is 35.4 Å². The molecule has 2 aromatic heterocycles. The lowest BCUT2D eigenvalue weighted by Gasteiger charge is -2.18. The number of esters is 1. The van der Waals surface area contributed by atoms with E-state index in [2.05, 4.69) is 9.72 Å². The monoisotopic (exact) mass is 465 g/mol. The molecule has 32 heavy (non-hydrogen) atoms.